The maximum absolute atomic E-state index is 15.0. The summed E-state index contributed by atoms with van der Waals surface area (Å²) < 4.78 is 114. The van der Waals surface area contributed by atoms with Gasteiger partial charge in [-0.2, -0.15) is 26.3 Å². The molecule has 0 aliphatic carbocycles. The number of nitrogens with zero attached hydrogens (tertiary/aromatic N) is 2. The maximum Gasteiger partial charge on any atom is 0.400 e. The Morgan fingerprint density at radius 3 is 1.47 bits per heavy atom. The average molecular weight is 889 g/mol. The molecule has 3 atom stereocenters. The quantitative estimate of drug-likeness (QED) is 0.146. The van der Waals surface area contributed by atoms with Gasteiger partial charge in [0.15, 0.2) is 9.84 Å². The number of benzene rings is 5. The van der Waals surface area contributed by atoms with E-state index in [1.165, 1.54) is 65.6 Å². The van der Waals surface area contributed by atoms with Gasteiger partial charge in [-0.15, -0.1) is 0 Å². The molecule has 2 heterocycles. The molecular weight excluding hydrogens is 852 g/mol. The van der Waals surface area contributed by atoms with E-state index in [9.17, 15) is 34.8 Å². The molecule has 5 aromatic carbocycles. The molecule has 7 rings (SSSR count). The van der Waals surface area contributed by atoms with Gasteiger partial charge in [-0.1, -0.05) is 125 Å². The lowest BCUT2D eigenvalue weighted by Crippen LogP contribution is -2.54. The third-order valence-electron chi connectivity index (χ3n) is 10.6. The Hall–Kier alpha value is -3.29. The molecule has 2 saturated heterocycles. The zero-order valence-electron chi connectivity index (χ0n) is 30.1. The van der Waals surface area contributed by atoms with Gasteiger partial charge in [0.1, 0.15) is 10.8 Å². The van der Waals surface area contributed by atoms with E-state index in [0.717, 1.165) is 11.1 Å². The first-order valence-corrected chi connectivity index (χ1v) is 20.8. The monoisotopic (exact) mass is 886 g/mol. The van der Waals surface area contributed by atoms with Crippen LogP contribution >= 0.6 is 46.4 Å². The third-order valence-corrected chi connectivity index (χ3v) is 13.7. The first-order valence-electron chi connectivity index (χ1n) is 17.7. The minimum atomic E-state index is -4.89. The fraction of sp³-hybridized carbons (Fsp3) is 0.286. The number of hydrogen-bond donors (Lipinski definition) is 0. The van der Waals surface area contributed by atoms with Crippen LogP contribution in [0.15, 0.2) is 132 Å². The molecule has 2 aliphatic heterocycles. The molecule has 4 nitrogen and oxygen atoms in total. The molecule has 5 aromatic rings. The Bertz CT molecular complexity index is 2230. The number of likely N-dealkylation sites (tertiary alicyclic amines) is 2. The molecule has 0 saturated carbocycles. The summed E-state index contributed by atoms with van der Waals surface area (Å²) in [6, 6.07) is 33.6. The normalized spacial score (nSPS) is 22.0. The van der Waals surface area contributed by atoms with Crippen LogP contribution < -0.4 is 0 Å². The summed E-state index contributed by atoms with van der Waals surface area (Å²) in [7, 11) is -4.38. The summed E-state index contributed by atoms with van der Waals surface area (Å²) in [5.74, 6) is 0. The van der Waals surface area contributed by atoms with E-state index in [1.54, 1.807) is 30.3 Å². The van der Waals surface area contributed by atoms with E-state index in [-0.39, 0.29) is 62.2 Å². The second-order valence-corrected chi connectivity index (χ2v) is 18.2. The summed E-state index contributed by atoms with van der Waals surface area (Å²) in [5, 5.41) is -1.31. The van der Waals surface area contributed by atoms with Gasteiger partial charge in [-0.25, -0.2) is 8.42 Å². The van der Waals surface area contributed by atoms with Crippen LogP contribution in [0.25, 0.3) is 0 Å². The Balaban J connectivity index is 0.000000203. The van der Waals surface area contributed by atoms with Crippen LogP contribution in [0.3, 0.4) is 0 Å². The molecule has 302 valence electrons. The predicted octanol–water partition coefficient (Wildman–Crippen LogP) is 11.9. The number of sulfone groups is 1. The molecule has 57 heavy (non-hydrogen) atoms. The first kappa shape index (κ1) is 43.3. The largest absolute Gasteiger partial charge is 0.400 e. The van der Waals surface area contributed by atoms with Gasteiger partial charge in [0.2, 0.25) is 0 Å². The van der Waals surface area contributed by atoms with E-state index in [4.69, 9.17) is 46.4 Å². The highest BCUT2D eigenvalue weighted by Crippen LogP contribution is 2.53. The summed E-state index contributed by atoms with van der Waals surface area (Å²) >= 11 is 24.0. The summed E-state index contributed by atoms with van der Waals surface area (Å²) in [6.45, 7) is 0.107. The molecule has 0 radical (unpaired) electrons. The molecular formula is C42H36Cl4F6N2O2S. The lowest BCUT2D eigenvalue weighted by molar-refractivity contribution is -0.187. The minimum absolute atomic E-state index is 0.00000465. The van der Waals surface area contributed by atoms with Crippen LogP contribution in [-0.4, -0.2) is 62.0 Å². The van der Waals surface area contributed by atoms with Gasteiger partial charge in [0, 0.05) is 52.8 Å². The number of rotatable bonds is 8. The fourth-order valence-corrected chi connectivity index (χ4v) is 11.1. The molecule has 0 N–H and O–H groups in total. The molecule has 2 fully saturated rings. The van der Waals surface area contributed by atoms with Crippen molar-refractivity contribution in [3.63, 3.8) is 0 Å². The molecule has 0 aromatic heterocycles. The van der Waals surface area contributed by atoms with Crippen LogP contribution in [0, 0.1) is 0 Å². The molecule has 0 spiro atoms. The second-order valence-electron chi connectivity index (χ2n) is 14.3. The SMILES string of the molecule is FC(F)(F)C1(c2cc(Cl)cc(Cl)c2)CCN(Cc2ccccc2)C1.O=S(=O)(c1ccccc1)C1CN(Cc2ccccc2)CC1(c1cc(Cl)cc(Cl)c1)C(F)(F)F. The van der Waals surface area contributed by atoms with E-state index >= 15 is 0 Å². The van der Waals surface area contributed by atoms with Crippen molar-refractivity contribution >= 4 is 56.2 Å². The second kappa shape index (κ2) is 17.1. The molecule has 15 heteroatoms. The highest BCUT2D eigenvalue weighted by molar-refractivity contribution is 7.92. The maximum atomic E-state index is 15.0. The third kappa shape index (κ3) is 9.30. The number of hydrogen-bond acceptors (Lipinski definition) is 4. The van der Waals surface area contributed by atoms with Crippen molar-refractivity contribution in [1.29, 1.82) is 0 Å². The standard InChI is InChI=1S/C24H20Cl2F3NO2S.C18H16Cl2F3N/c25-19-11-18(12-20(26)13-19)23(24(27,28)29)16-30(14-17-7-3-1-4-8-17)15-22(23)33(31,32)21-9-5-2-6-10-21;19-15-8-14(9-16(20)10-15)17(18(21,22)23)6-7-24(12-17)11-13-4-2-1-3-5-13/h1-13,22H,14-16H2;1-5,8-10H,6-7,11-12H2. The van der Waals surface area contributed by atoms with Crippen molar-refractivity contribution in [2.24, 2.45) is 0 Å². The Kier molecular flexibility index (Phi) is 13.0. The van der Waals surface area contributed by atoms with Gasteiger partial charge >= 0.3 is 12.4 Å². The van der Waals surface area contributed by atoms with Crippen LogP contribution in [-0.2, 0) is 33.8 Å². The van der Waals surface area contributed by atoms with Crippen molar-refractivity contribution in [2.75, 3.05) is 26.2 Å². The van der Waals surface area contributed by atoms with E-state index in [0.29, 0.717) is 13.1 Å². The van der Waals surface area contributed by atoms with Crippen LogP contribution in [0.1, 0.15) is 28.7 Å². The zero-order valence-corrected chi connectivity index (χ0v) is 33.9. The van der Waals surface area contributed by atoms with Crippen molar-refractivity contribution in [2.45, 2.75) is 52.8 Å². The minimum Gasteiger partial charge on any atom is -0.298 e. The topological polar surface area (TPSA) is 40.6 Å². The predicted molar refractivity (Wildman–Crippen MR) is 214 cm³/mol. The van der Waals surface area contributed by atoms with Crippen molar-refractivity contribution in [1.82, 2.24) is 9.80 Å². The fourth-order valence-electron chi connectivity index (χ4n) is 7.86. The summed E-state index contributed by atoms with van der Waals surface area (Å²) in [5.41, 5.74) is -2.98. The smallest absolute Gasteiger partial charge is 0.298 e. The van der Waals surface area contributed by atoms with Gasteiger partial charge in [0.05, 0.1) is 10.1 Å². The Morgan fingerprint density at radius 2 is 1.02 bits per heavy atom. The molecule has 2 aliphatic rings. The highest BCUT2D eigenvalue weighted by atomic mass is 35.5. The summed E-state index contributed by atoms with van der Waals surface area (Å²) in [6.07, 6.45) is -9.26. The number of alkyl halides is 6. The van der Waals surface area contributed by atoms with Gasteiger partial charge in [-0.05, 0) is 83.8 Å². The lowest BCUT2D eigenvalue weighted by Gasteiger charge is -2.37. The molecule has 0 amide bonds. The lowest BCUT2D eigenvalue weighted by atomic mass is 9.78. The van der Waals surface area contributed by atoms with Crippen molar-refractivity contribution in [3.8, 4) is 0 Å². The van der Waals surface area contributed by atoms with Gasteiger partial charge in [-0.3, -0.25) is 9.80 Å². The van der Waals surface area contributed by atoms with Crippen molar-refractivity contribution < 1.29 is 34.8 Å². The zero-order chi connectivity index (χ0) is 41.2. The summed E-state index contributed by atoms with van der Waals surface area (Å²) in [4.78, 5) is 3.21. The Morgan fingerprint density at radius 1 is 0.579 bits per heavy atom. The first-order chi connectivity index (χ1) is 26.8. The van der Waals surface area contributed by atoms with E-state index in [2.05, 4.69) is 0 Å². The number of halogens is 10. The van der Waals surface area contributed by atoms with Crippen LogP contribution in [0.2, 0.25) is 20.1 Å². The van der Waals surface area contributed by atoms with Crippen LogP contribution in [0.5, 0.6) is 0 Å². The highest BCUT2D eigenvalue weighted by Gasteiger charge is 2.68. The van der Waals surface area contributed by atoms with Crippen molar-refractivity contribution in [3.05, 3.63) is 170 Å². The van der Waals surface area contributed by atoms with Gasteiger partial charge < -0.3 is 0 Å². The van der Waals surface area contributed by atoms with E-state index < -0.39 is 44.8 Å². The van der Waals surface area contributed by atoms with Crippen LogP contribution in [0.4, 0.5) is 26.3 Å². The van der Waals surface area contributed by atoms with Gasteiger partial charge in [0.25, 0.3) is 0 Å². The Labute approximate surface area is 347 Å². The average Bonchev–Trinajstić information content (AvgIpc) is 3.77. The molecule has 3 unspecified atom stereocenters. The molecule has 0 bridgehead atoms. The van der Waals surface area contributed by atoms with E-state index in [1.807, 2.05) is 41.3 Å².